The quantitative estimate of drug-likeness (QED) is 0.616. The molecule has 0 aliphatic carbocycles. The van der Waals surface area contributed by atoms with E-state index in [0.29, 0.717) is 10.7 Å². The van der Waals surface area contributed by atoms with Crippen LogP contribution in [0, 0.1) is 13.8 Å². The van der Waals surface area contributed by atoms with Gasteiger partial charge in [-0.25, -0.2) is 0 Å². The number of benzene rings is 2. The van der Waals surface area contributed by atoms with Gasteiger partial charge in [0.1, 0.15) is 0 Å². The van der Waals surface area contributed by atoms with Crippen LogP contribution in [-0.4, -0.2) is 24.2 Å². The molecular weight excluding hydrogens is 346 g/mol. The molecule has 0 bridgehead atoms. The fourth-order valence-electron chi connectivity index (χ4n) is 1.95. The molecule has 0 spiro atoms. The van der Waals surface area contributed by atoms with Gasteiger partial charge in [-0.3, -0.25) is 9.59 Å². The summed E-state index contributed by atoms with van der Waals surface area (Å²) in [7, 11) is 0. The van der Waals surface area contributed by atoms with Crippen molar-refractivity contribution in [3.8, 4) is 0 Å². The van der Waals surface area contributed by atoms with Gasteiger partial charge in [0.25, 0.3) is 5.91 Å². The van der Waals surface area contributed by atoms with Crippen LogP contribution in [0.4, 0.5) is 5.69 Å². The standard InChI is InChI=1S/C18H18ClNO3S/c1-12-7-8-15(14(19)9-12)20-17(21)10-23-18(22)11-24-16-6-4-3-5-13(16)2/h3-9H,10-11H2,1-2H3,(H,20,21). The van der Waals surface area contributed by atoms with Gasteiger partial charge >= 0.3 is 5.97 Å². The van der Waals surface area contributed by atoms with E-state index in [4.69, 9.17) is 16.3 Å². The molecule has 2 aromatic rings. The lowest BCUT2D eigenvalue weighted by molar-refractivity contribution is -0.144. The Bertz CT molecular complexity index is 749. The zero-order chi connectivity index (χ0) is 17.5. The number of anilines is 1. The highest BCUT2D eigenvalue weighted by molar-refractivity contribution is 8.00. The number of aryl methyl sites for hydroxylation is 2. The van der Waals surface area contributed by atoms with E-state index in [1.165, 1.54) is 11.8 Å². The first-order valence-corrected chi connectivity index (χ1v) is 8.72. The van der Waals surface area contributed by atoms with Crippen molar-refractivity contribution in [2.24, 2.45) is 0 Å². The number of carbonyl (C=O) groups is 2. The smallest absolute Gasteiger partial charge is 0.316 e. The molecule has 0 aromatic heterocycles. The molecule has 6 heteroatoms. The number of ether oxygens (including phenoxy) is 1. The number of hydrogen-bond acceptors (Lipinski definition) is 4. The van der Waals surface area contributed by atoms with Crippen molar-refractivity contribution in [1.29, 1.82) is 0 Å². The van der Waals surface area contributed by atoms with E-state index < -0.39 is 11.9 Å². The molecule has 0 atom stereocenters. The van der Waals surface area contributed by atoms with Gasteiger partial charge in [-0.1, -0.05) is 35.9 Å². The second-order valence-electron chi connectivity index (χ2n) is 5.25. The van der Waals surface area contributed by atoms with Gasteiger partial charge in [0.2, 0.25) is 0 Å². The van der Waals surface area contributed by atoms with Crippen molar-refractivity contribution in [1.82, 2.24) is 0 Å². The molecular formula is C18H18ClNO3S. The molecule has 0 saturated heterocycles. The van der Waals surface area contributed by atoms with Crippen LogP contribution in [0.25, 0.3) is 0 Å². The Morgan fingerprint density at radius 2 is 1.92 bits per heavy atom. The van der Waals surface area contributed by atoms with Gasteiger partial charge in [0.15, 0.2) is 6.61 Å². The first-order valence-electron chi connectivity index (χ1n) is 7.36. The van der Waals surface area contributed by atoms with Crippen molar-refractivity contribution >= 4 is 40.9 Å². The maximum atomic E-state index is 11.8. The highest BCUT2D eigenvalue weighted by atomic mass is 35.5. The molecule has 2 aromatic carbocycles. The van der Waals surface area contributed by atoms with E-state index in [9.17, 15) is 9.59 Å². The van der Waals surface area contributed by atoms with Gasteiger partial charge in [-0.15, -0.1) is 11.8 Å². The maximum absolute atomic E-state index is 11.8. The number of carbonyl (C=O) groups excluding carboxylic acids is 2. The molecule has 0 heterocycles. The largest absolute Gasteiger partial charge is 0.455 e. The first-order chi connectivity index (χ1) is 11.5. The average molecular weight is 364 g/mol. The molecule has 0 fully saturated rings. The molecule has 0 saturated carbocycles. The number of halogens is 1. The predicted molar refractivity (Wildman–Crippen MR) is 97.7 cm³/mol. The molecule has 0 unspecified atom stereocenters. The number of esters is 1. The Labute approximate surface area is 150 Å². The van der Waals surface area contributed by atoms with Gasteiger partial charge in [0, 0.05) is 4.90 Å². The second kappa shape index (κ2) is 8.76. The fourth-order valence-corrected chi connectivity index (χ4v) is 3.06. The molecule has 126 valence electrons. The second-order valence-corrected chi connectivity index (χ2v) is 6.67. The van der Waals surface area contributed by atoms with E-state index in [2.05, 4.69) is 5.32 Å². The van der Waals surface area contributed by atoms with Crippen molar-refractivity contribution in [3.63, 3.8) is 0 Å². The molecule has 0 aliphatic rings. The summed E-state index contributed by atoms with van der Waals surface area (Å²) in [4.78, 5) is 24.6. The minimum Gasteiger partial charge on any atom is -0.455 e. The number of hydrogen-bond donors (Lipinski definition) is 1. The van der Waals surface area contributed by atoms with Crippen LogP contribution < -0.4 is 5.32 Å². The third-order valence-corrected chi connectivity index (χ3v) is 4.66. The van der Waals surface area contributed by atoms with Gasteiger partial charge < -0.3 is 10.1 Å². The Balaban J connectivity index is 1.77. The summed E-state index contributed by atoms with van der Waals surface area (Å²) >= 11 is 7.43. The summed E-state index contributed by atoms with van der Waals surface area (Å²) in [5, 5.41) is 3.07. The van der Waals surface area contributed by atoms with E-state index in [1.807, 2.05) is 44.2 Å². The van der Waals surface area contributed by atoms with E-state index in [1.54, 1.807) is 12.1 Å². The average Bonchev–Trinajstić information content (AvgIpc) is 2.55. The normalized spacial score (nSPS) is 10.3. The third-order valence-electron chi connectivity index (χ3n) is 3.20. The molecule has 4 nitrogen and oxygen atoms in total. The van der Waals surface area contributed by atoms with Crippen molar-refractivity contribution in [2.45, 2.75) is 18.7 Å². The van der Waals surface area contributed by atoms with Crippen molar-refractivity contribution in [3.05, 3.63) is 58.6 Å². The highest BCUT2D eigenvalue weighted by Gasteiger charge is 2.10. The summed E-state index contributed by atoms with van der Waals surface area (Å²) in [6.07, 6.45) is 0. The Hall–Kier alpha value is -1.98. The first kappa shape index (κ1) is 18.4. The number of thioether (sulfide) groups is 1. The van der Waals surface area contributed by atoms with Crippen LogP contribution in [0.15, 0.2) is 47.4 Å². The minimum atomic E-state index is -0.437. The zero-order valence-electron chi connectivity index (χ0n) is 13.5. The molecule has 0 aliphatic heterocycles. The molecule has 24 heavy (non-hydrogen) atoms. The van der Waals surface area contributed by atoms with Crippen LogP contribution in [0.3, 0.4) is 0 Å². The Morgan fingerprint density at radius 3 is 2.62 bits per heavy atom. The summed E-state index contributed by atoms with van der Waals surface area (Å²) in [6.45, 7) is 3.55. The molecule has 1 N–H and O–H groups in total. The lowest BCUT2D eigenvalue weighted by atomic mass is 10.2. The zero-order valence-corrected chi connectivity index (χ0v) is 15.0. The summed E-state index contributed by atoms with van der Waals surface area (Å²) in [5.41, 5.74) is 2.59. The minimum absolute atomic E-state index is 0.156. The molecule has 0 radical (unpaired) electrons. The number of rotatable bonds is 6. The van der Waals surface area contributed by atoms with Crippen LogP contribution in [0.2, 0.25) is 5.02 Å². The number of amides is 1. The van der Waals surface area contributed by atoms with E-state index >= 15 is 0 Å². The Kier molecular flexibility index (Phi) is 6.70. The SMILES string of the molecule is Cc1ccc(NC(=O)COC(=O)CSc2ccccc2C)c(Cl)c1. The summed E-state index contributed by atoms with van der Waals surface area (Å²) in [6, 6.07) is 13.1. The van der Waals surface area contributed by atoms with Crippen LogP contribution in [0.5, 0.6) is 0 Å². The summed E-state index contributed by atoms with van der Waals surface area (Å²) < 4.78 is 4.99. The van der Waals surface area contributed by atoms with Crippen LogP contribution >= 0.6 is 23.4 Å². The van der Waals surface area contributed by atoms with Crippen molar-refractivity contribution < 1.29 is 14.3 Å². The molecule has 2 rings (SSSR count). The van der Waals surface area contributed by atoms with E-state index in [0.717, 1.165) is 16.0 Å². The predicted octanol–water partition coefficient (Wildman–Crippen LogP) is 4.23. The number of nitrogens with one attached hydrogen (secondary N) is 1. The van der Waals surface area contributed by atoms with Gasteiger partial charge in [0.05, 0.1) is 16.5 Å². The van der Waals surface area contributed by atoms with E-state index in [-0.39, 0.29) is 12.4 Å². The van der Waals surface area contributed by atoms with Gasteiger partial charge in [-0.05, 0) is 43.2 Å². The topological polar surface area (TPSA) is 55.4 Å². The fraction of sp³-hybridized carbons (Fsp3) is 0.222. The maximum Gasteiger partial charge on any atom is 0.316 e. The van der Waals surface area contributed by atoms with Crippen LogP contribution in [0.1, 0.15) is 11.1 Å². The van der Waals surface area contributed by atoms with Crippen molar-refractivity contribution in [2.75, 3.05) is 17.7 Å². The molecule has 1 amide bonds. The monoisotopic (exact) mass is 363 g/mol. The van der Waals surface area contributed by atoms with Gasteiger partial charge in [-0.2, -0.15) is 0 Å². The summed E-state index contributed by atoms with van der Waals surface area (Å²) in [5.74, 6) is -0.702. The van der Waals surface area contributed by atoms with Crippen LogP contribution in [-0.2, 0) is 14.3 Å². The Morgan fingerprint density at radius 1 is 1.17 bits per heavy atom. The highest BCUT2D eigenvalue weighted by Crippen LogP contribution is 2.23. The lowest BCUT2D eigenvalue weighted by Crippen LogP contribution is -2.21. The third kappa shape index (κ3) is 5.58. The lowest BCUT2D eigenvalue weighted by Gasteiger charge is -2.09.